The second-order valence-corrected chi connectivity index (χ2v) is 6.43. The van der Waals surface area contributed by atoms with Crippen LogP contribution in [0.15, 0.2) is 67.1 Å². The van der Waals surface area contributed by atoms with Gasteiger partial charge in [-0.15, -0.1) is 0 Å². The van der Waals surface area contributed by atoms with Gasteiger partial charge in [-0.1, -0.05) is 24.3 Å². The highest BCUT2D eigenvalue weighted by Gasteiger charge is 2.14. The van der Waals surface area contributed by atoms with Crippen LogP contribution in [0.4, 0.5) is 4.39 Å². The van der Waals surface area contributed by atoms with Gasteiger partial charge < -0.3 is 10.1 Å². The molecular weight excluding hydrogens is 373 g/mol. The van der Waals surface area contributed by atoms with Crippen molar-refractivity contribution in [3.05, 3.63) is 78.5 Å². The Hall–Kier alpha value is -3.81. The van der Waals surface area contributed by atoms with Gasteiger partial charge in [-0.2, -0.15) is 14.6 Å². The topological polar surface area (TPSA) is 81.4 Å². The first-order chi connectivity index (χ1) is 14.1. The van der Waals surface area contributed by atoms with Crippen molar-refractivity contribution >= 4 is 11.7 Å². The minimum Gasteiger partial charge on any atom is -0.481 e. The fourth-order valence-electron chi connectivity index (χ4n) is 2.85. The lowest BCUT2D eigenvalue weighted by molar-refractivity contribution is -0.127. The van der Waals surface area contributed by atoms with Gasteiger partial charge in [0.15, 0.2) is 6.10 Å². The molecule has 0 aliphatic rings. The largest absolute Gasteiger partial charge is 0.481 e. The number of carbonyl (C=O) groups excluding carboxylic acids is 1. The molecule has 2 heterocycles. The van der Waals surface area contributed by atoms with Crippen molar-refractivity contribution < 1.29 is 13.9 Å². The van der Waals surface area contributed by atoms with Crippen molar-refractivity contribution in [2.45, 2.75) is 19.6 Å². The van der Waals surface area contributed by atoms with Crippen molar-refractivity contribution in [2.24, 2.45) is 0 Å². The molecule has 1 N–H and O–H groups in total. The van der Waals surface area contributed by atoms with Crippen LogP contribution < -0.4 is 10.1 Å². The maximum absolute atomic E-state index is 12.9. The number of hydrogen-bond acceptors (Lipinski definition) is 5. The van der Waals surface area contributed by atoms with E-state index in [2.05, 4.69) is 20.4 Å². The SMILES string of the molecule is C[C@H](Oc1ccc(F)cc1)C(=O)NCc1ccc(-c2ccnc3ncnn23)cc1. The zero-order valence-corrected chi connectivity index (χ0v) is 15.6. The van der Waals surface area contributed by atoms with Crippen molar-refractivity contribution in [1.82, 2.24) is 24.9 Å². The molecule has 0 radical (unpaired) electrons. The molecule has 1 atom stereocenters. The number of aromatic nitrogens is 4. The highest BCUT2D eigenvalue weighted by molar-refractivity contribution is 5.80. The Bertz CT molecular complexity index is 1130. The summed E-state index contributed by atoms with van der Waals surface area (Å²) in [4.78, 5) is 20.5. The summed E-state index contributed by atoms with van der Waals surface area (Å²) in [5.41, 5.74) is 2.79. The van der Waals surface area contributed by atoms with Gasteiger partial charge in [0.25, 0.3) is 11.7 Å². The summed E-state index contributed by atoms with van der Waals surface area (Å²) in [6, 6.07) is 15.2. The van der Waals surface area contributed by atoms with Gasteiger partial charge in [-0.3, -0.25) is 4.79 Å². The first kappa shape index (κ1) is 18.5. The molecule has 0 saturated heterocycles. The molecule has 0 aliphatic carbocycles. The Labute approximate surface area is 166 Å². The van der Waals surface area contributed by atoms with E-state index in [1.54, 1.807) is 17.6 Å². The molecule has 2 aromatic carbocycles. The average Bonchev–Trinajstić information content (AvgIpc) is 3.23. The number of rotatable bonds is 6. The van der Waals surface area contributed by atoms with Crippen molar-refractivity contribution in [3.63, 3.8) is 0 Å². The highest BCUT2D eigenvalue weighted by Crippen LogP contribution is 2.19. The van der Waals surface area contributed by atoms with Crippen LogP contribution in [0.3, 0.4) is 0 Å². The summed E-state index contributed by atoms with van der Waals surface area (Å²) in [6.07, 6.45) is 2.46. The summed E-state index contributed by atoms with van der Waals surface area (Å²) in [5, 5.41) is 7.03. The number of nitrogens with one attached hydrogen (secondary N) is 1. The molecule has 7 nitrogen and oxygen atoms in total. The molecule has 0 unspecified atom stereocenters. The summed E-state index contributed by atoms with van der Waals surface area (Å²) in [6.45, 7) is 2.01. The Morgan fingerprint density at radius 1 is 1.10 bits per heavy atom. The Balaban J connectivity index is 1.37. The van der Waals surface area contributed by atoms with E-state index < -0.39 is 6.10 Å². The van der Waals surface area contributed by atoms with Crippen molar-refractivity contribution in [1.29, 1.82) is 0 Å². The number of halogens is 1. The molecule has 1 amide bonds. The van der Waals surface area contributed by atoms with E-state index in [9.17, 15) is 9.18 Å². The zero-order chi connectivity index (χ0) is 20.2. The minimum absolute atomic E-state index is 0.253. The van der Waals surface area contributed by atoms with Gasteiger partial charge in [-0.25, -0.2) is 9.37 Å². The van der Waals surface area contributed by atoms with Crippen LogP contribution in [0.2, 0.25) is 0 Å². The Morgan fingerprint density at radius 2 is 1.86 bits per heavy atom. The number of benzene rings is 2. The monoisotopic (exact) mass is 391 g/mol. The predicted molar refractivity (Wildman–Crippen MR) is 105 cm³/mol. The zero-order valence-electron chi connectivity index (χ0n) is 15.6. The van der Waals surface area contributed by atoms with Gasteiger partial charge in [-0.05, 0) is 42.8 Å². The van der Waals surface area contributed by atoms with Crippen LogP contribution >= 0.6 is 0 Å². The van der Waals surface area contributed by atoms with Crippen LogP contribution in [0, 0.1) is 5.82 Å². The van der Waals surface area contributed by atoms with Gasteiger partial charge in [0.05, 0.1) is 5.69 Å². The van der Waals surface area contributed by atoms with Gasteiger partial charge >= 0.3 is 0 Å². The quantitative estimate of drug-likeness (QED) is 0.546. The van der Waals surface area contributed by atoms with Crippen LogP contribution in [0.1, 0.15) is 12.5 Å². The molecule has 2 aromatic heterocycles. The normalized spacial score (nSPS) is 11.9. The number of carbonyl (C=O) groups is 1. The van der Waals surface area contributed by atoms with Crippen LogP contribution in [0.25, 0.3) is 17.0 Å². The first-order valence-electron chi connectivity index (χ1n) is 9.04. The predicted octanol–water partition coefficient (Wildman–Crippen LogP) is 3.01. The van der Waals surface area contributed by atoms with Crippen LogP contribution in [-0.2, 0) is 11.3 Å². The maximum Gasteiger partial charge on any atom is 0.261 e. The summed E-state index contributed by atoms with van der Waals surface area (Å²) in [7, 11) is 0. The molecule has 4 aromatic rings. The second kappa shape index (κ2) is 8.05. The number of nitrogens with zero attached hydrogens (tertiary/aromatic N) is 4. The van der Waals surface area contributed by atoms with Crippen LogP contribution in [0.5, 0.6) is 5.75 Å². The van der Waals surface area contributed by atoms with Gasteiger partial charge in [0.1, 0.15) is 17.9 Å². The standard InChI is InChI=1S/C21H18FN5O2/c1-14(29-18-8-6-17(22)7-9-18)20(28)24-12-15-2-4-16(5-3-15)19-10-11-23-21-25-13-26-27(19)21/h2-11,13-14H,12H2,1H3,(H,24,28)/t14-/m0/s1. The molecule has 0 bridgehead atoms. The van der Waals surface area contributed by atoms with E-state index in [1.165, 1.54) is 30.6 Å². The molecule has 4 rings (SSSR count). The Kier molecular flexibility index (Phi) is 5.15. The van der Waals surface area contributed by atoms with E-state index >= 15 is 0 Å². The fraction of sp³-hybridized carbons (Fsp3) is 0.143. The molecular formula is C21H18FN5O2. The molecule has 0 saturated carbocycles. The molecule has 0 spiro atoms. The number of hydrogen-bond donors (Lipinski definition) is 1. The van der Waals surface area contributed by atoms with E-state index in [4.69, 9.17) is 4.74 Å². The minimum atomic E-state index is -0.697. The van der Waals surface area contributed by atoms with E-state index in [0.717, 1.165) is 16.8 Å². The van der Waals surface area contributed by atoms with Crippen molar-refractivity contribution in [3.8, 4) is 17.0 Å². The van der Waals surface area contributed by atoms with Crippen molar-refractivity contribution in [2.75, 3.05) is 0 Å². The average molecular weight is 391 g/mol. The van der Waals surface area contributed by atoms with Gasteiger partial charge in [0, 0.05) is 18.3 Å². The highest BCUT2D eigenvalue weighted by atomic mass is 19.1. The van der Waals surface area contributed by atoms with E-state index in [-0.39, 0.29) is 11.7 Å². The summed E-state index contributed by atoms with van der Waals surface area (Å²) >= 11 is 0. The smallest absolute Gasteiger partial charge is 0.261 e. The summed E-state index contributed by atoms with van der Waals surface area (Å²) in [5.74, 6) is 0.371. The van der Waals surface area contributed by atoms with E-state index in [1.807, 2.05) is 30.3 Å². The molecule has 0 aliphatic heterocycles. The second-order valence-electron chi connectivity index (χ2n) is 6.43. The maximum atomic E-state index is 12.9. The van der Waals surface area contributed by atoms with E-state index in [0.29, 0.717) is 18.1 Å². The number of ether oxygens (including phenoxy) is 1. The Morgan fingerprint density at radius 3 is 2.62 bits per heavy atom. The first-order valence-corrected chi connectivity index (χ1v) is 9.04. The molecule has 8 heteroatoms. The molecule has 29 heavy (non-hydrogen) atoms. The van der Waals surface area contributed by atoms with Crippen LogP contribution in [-0.4, -0.2) is 31.6 Å². The van der Waals surface area contributed by atoms with Gasteiger partial charge in [0.2, 0.25) is 0 Å². The third-order valence-corrected chi connectivity index (χ3v) is 4.39. The molecule has 0 fully saturated rings. The lowest BCUT2D eigenvalue weighted by Crippen LogP contribution is -2.35. The molecule has 146 valence electrons. The lowest BCUT2D eigenvalue weighted by Gasteiger charge is -2.15. The third-order valence-electron chi connectivity index (χ3n) is 4.39. The lowest BCUT2D eigenvalue weighted by atomic mass is 10.1. The fourth-order valence-corrected chi connectivity index (χ4v) is 2.85. The third kappa shape index (κ3) is 4.21. The number of amides is 1. The summed E-state index contributed by atoms with van der Waals surface area (Å²) < 4.78 is 20.1. The number of fused-ring (bicyclic) bond motifs is 1.